The van der Waals surface area contributed by atoms with E-state index >= 15 is 0 Å². The van der Waals surface area contributed by atoms with Gasteiger partial charge in [0.1, 0.15) is 0 Å². The Morgan fingerprint density at radius 2 is 2.23 bits per heavy atom. The summed E-state index contributed by atoms with van der Waals surface area (Å²) in [7, 11) is 0. The maximum Gasteiger partial charge on any atom is 0.0885 e. The van der Waals surface area contributed by atoms with Gasteiger partial charge in [0.15, 0.2) is 0 Å². The fourth-order valence-corrected chi connectivity index (χ4v) is 1.57. The van der Waals surface area contributed by atoms with Gasteiger partial charge in [-0.3, -0.25) is 0 Å². The first-order valence-electron chi connectivity index (χ1n) is 5.10. The third kappa shape index (κ3) is 4.90. The van der Waals surface area contributed by atoms with Crippen LogP contribution in [0.5, 0.6) is 0 Å². The molecule has 13 heavy (non-hydrogen) atoms. The van der Waals surface area contributed by atoms with Crippen LogP contribution in [0.15, 0.2) is 12.8 Å². The average molecular weight is 184 g/mol. The van der Waals surface area contributed by atoms with Crippen LogP contribution in [-0.4, -0.2) is 32.3 Å². The molecule has 0 bridgehead atoms. The van der Waals surface area contributed by atoms with Gasteiger partial charge in [0.05, 0.1) is 12.9 Å². The maximum atomic E-state index is 5.03. The van der Waals surface area contributed by atoms with Crippen LogP contribution in [0.3, 0.4) is 0 Å². The molecule has 1 heterocycles. The van der Waals surface area contributed by atoms with Crippen LogP contribution in [-0.2, 0) is 4.74 Å². The fraction of sp³-hybridized carbons (Fsp3) is 0.800. The number of hydrogen-bond acceptors (Lipinski definition) is 3. The highest BCUT2D eigenvalue weighted by Crippen LogP contribution is 2.01. The first kappa shape index (κ1) is 10.5. The average Bonchev–Trinajstić information content (AvgIpc) is 2.19. The van der Waals surface area contributed by atoms with Gasteiger partial charge in [-0.05, 0) is 38.9 Å². The molecule has 0 aliphatic carbocycles. The summed E-state index contributed by atoms with van der Waals surface area (Å²) in [5, 5.41) is 6.87. The molecule has 0 amide bonds. The van der Waals surface area contributed by atoms with Crippen molar-refractivity contribution in [3.05, 3.63) is 12.8 Å². The van der Waals surface area contributed by atoms with Gasteiger partial charge in [-0.2, -0.15) is 0 Å². The van der Waals surface area contributed by atoms with Crippen molar-refractivity contribution >= 4 is 0 Å². The molecular weight excluding hydrogens is 164 g/mol. The van der Waals surface area contributed by atoms with Gasteiger partial charge in [0.2, 0.25) is 0 Å². The number of rotatable bonds is 6. The fourth-order valence-electron chi connectivity index (χ4n) is 1.57. The predicted octanol–water partition coefficient (Wildman–Crippen LogP) is 0.878. The highest BCUT2D eigenvalue weighted by Gasteiger charge is 2.10. The summed E-state index contributed by atoms with van der Waals surface area (Å²) in [6, 6.07) is 0.713. The van der Waals surface area contributed by atoms with Crippen LogP contribution in [0.1, 0.15) is 19.3 Å². The van der Waals surface area contributed by atoms with Gasteiger partial charge < -0.3 is 15.4 Å². The van der Waals surface area contributed by atoms with E-state index in [0.29, 0.717) is 6.04 Å². The largest absolute Gasteiger partial charge is 0.502 e. The Labute approximate surface area is 80.5 Å². The van der Waals surface area contributed by atoms with E-state index in [1.807, 2.05) is 0 Å². The molecule has 0 spiro atoms. The Kier molecular flexibility index (Phi) is 5.61. The van der Waals surface area contributed by atoms with Crippen LogP contribution >= 0.6 is 0 Å². The molecule has 0 aromatic heterocycles. The molecule has 1 fully saturated rings. The molecule has 0 radical (unpaired) electrons. The van der Waals surface area contributed by atoms with Gasteiger partial charge in [-0.1, -0.05) is 6.58 Å². The molecule has 0 unspecified atom stereocenters. The van der Waals surface area contributed by atoms with E-state index in [9.17, 15) is 0 Å². The van der Waals surface area contributed by atoms with Crippen LogP contribution in [0.25, 0.3) is 0 Å². The monoisotopic (exact) mass is 184 g/mol. The molecule has 76 valence electrons. The Morgan fingerprint density at radius 3 is 2.92 bits per heavy atom. The zero-order chi connectivity index (χ0) is 9.36. The number of hydrogen-bond donors (Lipinski definition) is 2. The molecule has 0 saturated carbocycles. The normalized spacial score (nSPS) is 18.5. The van der Waals surface area contributed by atoms with E-state index < -0.39 is 0 Å². The summed E-state index contributed by atoms with van der Waals surface area (Å²) in [5.41, 5.74) is 0. The lowest BCUT2D eigenvalue weighted by molar-refractivity contribution is 0.240. The molecule has 1 aliphatic heterocycles. The lowest BCUT2D eigenvalue weighted by atomic mass is 10.1. The Bertz CT molecular complexity index is 133. The Hall–Kier alpha value is -0.540. The number of nitrogens with one attached hydrogen (secondary N) is 2. The summed E-state index contributed by atoms with van der Waals surface area (Å²) in [4.78, 5) is 0. The van der Waals surface area contributed by atoms with Crippen LogP contribution in [0.2, 0.25) is 0 Å². The van der Waals surface area contributed by atoms with E-state index in [-0.39, 0.29) is 0 Å². The maximum absolute atomic E-state index is 5.03. The standard InChI is InChI=1S/C10H20N2O/c1-2-13-9-3-6-12-10-4-7-11-8-5-10/h2,10-12H,1,3-9H2. The van der Waals surface area contributed by atoms with E-state index in [4.69, 9.17) is 4.74 Å². The van der Waals surface area contributed by atoms with Gasteiger partial charge in [0, 0.05) is 6.04 Å². The molecule has 1 rings (SSSR count). The molecule has 2 N–H and O–H groups in total. The summed E-state index contributed by atoms with van der Waals surface area (Å²) < 4.78 is 5.03. The van der Waals surface area contributed by atoms with Gasteiger partial charge in [-0.25, -0.2) is 0 Å². The van der Waals surface area contributed by atoms with Crippen molar-refractivity contribution < 1.29 is 4.74 Å². The second-order valence-electron chi connectivity index (χ2n) is 3.37. The van der Waals surface area contributed by atoms with Crippen molar-refractivity contribution in [3.8, 4) is 0 Å². The summed E-state index contributed by atoms with van der Waals surface area (Å²) in [6.07, 6.45) is 5.07. The second kappa shape index (κ2) is 6.92. The van der Waals surface area contributed by atoms with Crippen LogP contribution < -0.4 is 10.6 Å². The minimum absolute atomic E-state index is 0.713. The Balaban J connectivity index is 1.89. The SMILES string of the molecule is C=COCCCNC1CCNCC1. The van der Waals surface area contributed by atoms with Gasteiger partial charge >= 0.3 is 0 Å². The lowest BCUT2D eigenvalue weighted by Gasteiger charge is -2.23. The van der Waals surface area contributed by atoms with Crippen molar-refractivity contribution in [2.45, 2.75) is 25.3 Å². The minimum atomic E-state index is 0.713. The third-order valence-corrected chi connectivity index (χ3v) is 2.33. The van der Waals surface area contributed by atoms with Crippen molar-refractivity contribution in [2.75, 3.05) is 26.2 Å². The molecule has 3 heteroatoms. The van der Waals surface area contributed by atoms with E-state index in [1.54, 1.807) is 0 Å². The molecule has 0 aromatic carbocycles. The van der Waals surface area contributed by atoms with E-state index in [0.717, 1.165) is 32.7 Å². The third-order valence-electron chi connectivity index (χ3n) is 2.33. The highest BCUT2D eigenvalue weighted by molar-refractivity contribution is 4.73. The van der Waals surface area contributed by atoms with E-state index in [2.05, 4.69) is 17.2 Å². The van der Waals surface area contributed by atoms with Crippen LogP contribution in [0, 0.1) is 0 Å². The molecule has 3 nitrogen and oxygen atoms in total. The first-order valence-corrected chi connectivity index (χ1v) is 5.10. The Morgan fingerprint density at radius 1 is 1.46 bits per heavy atom. The molecular formula is C10H20N2O. The lowest BCUT2D eigenvalue weighted by Crippen LogP contribution is -2.40. The zero-order valence-corrected chi connectivity index (χ0v) is 8.22. The summed E-state index contributed by atoms with van der Waals surface area (Å²) >= 11 is 0. The molecule has 1 aliphatic rings. The minimum Gasteiger partial charge on any atom is -0.502 e. The molecule has 0 atom stereocenters. The van der Waals surface area contributed by atoms with Gasteiger partial charge in [0.25, 0.3) is 0 Å². The predicted molar refractivity (Wildman–Crippen MR) is 54.7 cm³/mol. The topological polar surface area (TPSA) is 33.3 Å². The smallest absolute Gasteiger partial charge is 0.0885 e. The van der Waals surface area contributed by atoms with Crippen molar-refractivity contribution in [1.29, 1.82) is 0 Å². The van der Waals surface area contributed by atoms with Crippen molar-refractivity contribution in [3.63, 3.8) is 0 Å². The number of ether oxygens (including phenoxy) is 1. The summed E-state index contributed by atoms with van der Waals surface area (Å²) in [6.45, 7) is 7.64. The summed E-state index contributed by atoms with van der Waals surface area (Å²) in [5.74, 6) is 0. The first-order chi connectivity index (χ1) is 6.43. The highest BCUT2D eigenvalue weighted by atomic mass is 16.5. The zero-order valence-electron chi connectivity index (χ0n) is 8.22. The quantitative estimate of drug-likeness (QED) is 0.475. The molecule has 0 aromatic rings. The number of piperidine rings is 1. The molecule has 1 saturated heterocycles. The van der Waals surface area contributed by atoms with Crippen molar-refractivity contribution in [1.82, 2.24) is 10.6 Å². The van der Waals surface area contributed by atoms with Crippen LogP contribution in [0.4, 0.5) is 0 Å². The van der Waals surface area contributed by atoms with Gasteiger partial charge in [-0.15, -0.1) is 0 Å². The second-order valence-corrected chi connectivity index (χ2v) is 3.37. The van der Waals surface area contributed by atoms with E-state index in [1.165, 1.54) is 19.1 Å². The van der Waals surface area contributed by atoms with Crippen molar-refractivity contribution in [2.24, 2.45) is 0 Å².